The Labute approximate surface area is 113 Å². The molecule has 0 saturated heterocycles. The summed E-state index contributed by atoms with van der Waals surface area (Å²) < 4.78 is 22.0. The monoisotopic (exact) mass is 294 g/mol. The standard InChI is InChI=1S/C11H22N2O5S/c1-4-7(2)9(12)10(14)13-8(11(15)16)5-6-19(3,17)18/h7-9H,4-6,12H2,1-3H3,(H,13,14)(H,15,16). The maximum absolute atomic E-state index is 11.7. The summed E-state index contributed by atoms with van der Waals surface area (Å²) >= 11 is 0. The molecule has 0 rings (SSSR count). The van der Waals surface area contributed by atoms with E-state index in [0.717, 1.165) is 6.26 Å². The summed E-state index contributed by atoms with van der Waals surface area (Å²) in [5.74, 6) is -2.23. The van der Waals surface area contributed by atoms with Gasteiger partial charge in [0.1, 0.15) is 15.9 Å². The molecule has 3 atom stereocenters. The first-order valence-corrected chi connectivity index (χ1v) is 8.11. The molecule has 0 aromatic rings. The molecule has 0 radical (unpaired) electrons. The maximum Gasteiger partial charge on any atom is 0.326 e. The largest absolute Gasteiger partial charge is 0.480 e. The van der Waals surface area contributed by atoms with Gasteiger partial charge in [0.05, 0.1) is 11.8 Å². The van der Waals surface area contributed by atoms with E-state index in [9.17, 15) is 18.0 Å². The van der Waals surface area contributed by atoms with Crippen LogP contribution in [-0.4, -0.2) is 49.5 Å². The quantitative estimate of drug-likeness (QED) is 0.547. The van der Waals surface area contributed by atoms with Crippen molar-refractivity contribution >= 4 is 21.7 Å². The van der Waals surface area contributed by atoms with Crippen LogP contribution in [0.3, 0.4) is 0 Å². The molecule has 0 fully saturated rings. The van der Waals surface area contributed by atoms with Crippen molar-refractivity contribution in [3.05, 3.63) is 0 Å². The number of carboxylic acid groups (broad SMARTS) is 1. The maximum atomic E-state index is 11.7. The third-order valence-electron chi connectivity index (χ3n) is 2.95. The van der Waals surface area contributed by atoms with Crippen molar-refractivity contribution in [3.63, 3.8) is 0 Å². The molecule has 0 aliphatic rings. The second kappa shape index (κ2) is 7.44. The fraction of sp³-hybridized carbons (Fsp3) is 0.818. The summed E-state index contributed by atoms with van der Waals surface area (Å²) in [6.45, 7) is 3.66. The molecule has 3 unspecified atom stereocenters. The molecular weight excluding hydrogens is 272 g/mol. The molecule has 0 aromatic heterocycles. The van der Waals surface area contributed by atoms with Crippen molar-refractivity contribution in [1.29, 1.82) is 0 Å². The van der Waals surface area contributed by atoms with Crippen molar-refractivity contribution in [2.24, 2.45) is 11.7 Å². The second-order valence-electron chi connectivity index (χ2n) is 4.73. The minimum absolute atomic E-state index is 0.0793. The van der Waals surface area contributed by atoms with Gasteiger partial charge in [-0.3, -0.25) is 4.79 Å². The molecule has 112 valence electrons. The molecule has 0 aliphatic heterocycles. The Bertz CT molecular complexity index is 421. The van der Waals surface area contributed by atoms with Crippen molar-refractivity contribution in [1.82, 2.24) is 5.32 Å². The summed E-state index contributed by atoms with van der Waals surface area (Å²) in [5.41, 5.74) is 5.68. The van der Waals surface area contributed by atoms with Gasteiger partial charge in [-0.25, -0.2) is 13.2 Å². The fourth-order valence-corrected chi connectivity index (χ4v) is 2.03. The van der Waals surface area contributed by atoms with Crippen molar-refractivity contribution in [2.75, 3.05) is 12.0 Å². The number of rotatable bonds is 8. The third-order valence-corrected chi connectivity index (χ3v) is 3.93. The Morgan fingerprint density at radius 1 is 1.37 bits per heavy atom. The van der Waals surface area contributed by atoms with Crippen LogP contribution in [0.15, 0.2) is 0 Å². The number of amides is 1. The molecule has 8 heteroatoms. The highest BCUT2D eigenvalue weighted by molar-refractivity contribution is 7.90. The molecule has 0 aliphatic carbocycles. The highest BCUT2D eigenvalue weighted by atomic mass is 32.2. The predicted molar refractivity (Wildman–Crippen MR) is 71.3 cm³/mol. The van der Waals surface area contributed by atoms with Crippen molar-refractivity contribution < 1.29 is 23.1 Å². The zero-order chi connectivity index (χ0) is 15.2. The molecule has 1 amide bonds. The lowest BCUT2D eigenvalue weighted by Crippen LogP contribution is -2.51. The van der Waals surface area contributed by atoms with Gasteiger partial charge in [-0.05, 0) is 12.3 Å². The van der Waals surface area contributed by atoms with Crippen molar-refractivity contribution in [2.45, 2.75) is 38.8 Å². The summed E-state index contributed by atoms with van der Waals surface area (Å²) in [6, 6.07) is -2.04. The van der Waals surface area contributed by atoms with Crippen LogP contribution in [0.5, 0.6) is 0 Å². The number of aliphatic carboxylic acids is 1. The van der Waals surface area contributed by atoms with E-state index in [0.29, 0.717) is 6.42 Å². The van der Waals surface area contributed by atoms with E-state index in [1.165, 1.54) is 0 Å². The Kier molecular flexibility index (Phi) is 6.99. The summed E-state index contributed by atoms with van der Waals surface area (Å²) in [7, 11) is -3.28. The number of hydrogen-bond acceptors (Lipinski definition) is 5. The number of carbonyl (C=O) groups excluding carboxylic acids is 1. The smallest absolute Gasteiger partial charge is 0.326 e. The van der Waals surface area contributed by atoms with Gasteiger partial charge < -0.3 is 16.2 Å². The lowest BCUT2D eigenvalue weighted by Gasteiger charge is -2.21. The molecule has 7 nitrogen and oxygen atoms in total. The highest BCUT2D eigenvalue weighted by Gasteiger charge is 2.26. The summed E-state index contributed by atoms with van der Waals surface area (Å²) in [6.07, 6.45) is 1.53. The van der Waals surface area contributed by atoms with Crippen molar-refractivity contribution in [3.8, 4) is 0 Å². The van der Waals surface area contributed by atoms with Crippen LogP contribution in [0, 0.1) is 5.92 Å². The molecule has 0 saturated carbocycles. The number of hydrogen-bond donors (Lipinski definition) is 3. The van der Waals surface area contributed by atoms with Gasteiger partial charge in [0.25, 0.3) is 0 Å². The Morgan fingerprint density at radius 3 is 2.26 bits per heavy atom. The number of sulfone groups is 1. The first-order valence-electron chi connectivity index (χ1n) is 6.05. The van der Waals surface area contributed by atoms with Crippen LogP contribution in [0.4, 0.5) is 0 Å². The lowest BCUT2D eigenvalue weighted by atomic mass is 9.99. The van der Waals surface area contributed by atoms with Gasteiger partial charge in [-0.1, -0.05) is 20.3 Å². The van der Waals surface area contributed by atoms with E-state index in [2.05, 4.69) is 5.32 Å². The average Bonchev–Trinajstić information content (AvgIpc) is 2.30. The lowest BCUT2D eigenvalue weighted by molar-refractivity contribution is -0.142. The van der Waals surface area contributed by atoms with E-state index >= 15 is 0 Å². The molecule has 0 aromatic carbocycles. The number of carboxylic acids is 1. The van der Waals surface area contributed by atoms with Crippen LogP contribution >= 0.6 is 0 Å². The van der Waals surface area contributed by atoms with Crippen LogP contribution in [-0.2, 0) is 19.4 Å². The van der Waals surface area contributed by atoms with Gasteiger partial charge in [0.15, 0.2) is 0 Å². The van der Waals surface area contributed by atoms with Gasteiger partial charge in [0.2, 0.25) is 5.91 Å². The Morgan fingerprint density at radius 2 is 1.89 bits per heavy atom. The Hall–Kier alpha value is -1.15. The van der Waals surface area contributed by atoms with Gasteiger partial charge >= 0.3 is 5.97 Å². The fourth-order valence-electron chi connectivity index (χ4n) is 1.37. The van der Waals surface area contributed by atoms with Gasteiger partial charge in [-0.15, -0.1) is 0 Å². The predicted octanol–water partition coefficient (Wildman–Crippen LogP) is -0.636. The second-order valence-corrected chi connectivity index (χ2v) is 6.99. The summed E-state index contributed by atoms with van der Waals surface area (Å²) in [5, 5.41) is 11.2. The van der Waals surface area contributed by atoms with E-state index in [1.54, 1.807) is 6.92 Å². The number of nitrogens with one attached hydrogen (secondary N) is 1. The molecular formula is C11H22N2O5S. The average molecular weight is 294 g/mol. The van der Waals surface area contributed by atoms with Crippen LogP contribution in [0.2, 0.25) is 0 Å². The zero-order valence-electron chi connectivity index (χ0n) is 11.4. The Balaban J connectivity index is 4.59. The number of carbonyl (C=O) groups is 2. The van der Waals surface area contributed by atoms with Gasteiger partial charge in [0, 0.05) is 6.26 Å². The van der Waals surface area contributed by atoms with E-state index in [4.69, 9.17) is 10.8 Å². The molecule has 0 heterocycles. The molecule has 0 bridgehead atoms. The van der Waals surface area contributed by atoms with Gasteiger partial charge in [-0.2, -0.15) is 0 Å². The highest BCUT2D eigenvalue weighted by Crippen LogP contribution is 2.06. The summed E-state index contributed by atoms with van der Waals surface area (Å²) in [4.78, 5) is 22.7. The van der Waals surface area contributed by atoms with E-state index in [1.807, 2.05) is 6.92 Å². The minimum Gasteiger partial charge on any atom is -0.480 e. The van der Waals surface area contributed by atoms with Crippen LogP contribution in [0.25, 0.3) is 0 Å². The minimum atomic E-state index is -3.28. The first-order chi connectivity index (χ1) is 8.58. The third kappa shape index (κ3) is 7.12. The number of nitrogens with two attached hydrogens (primary N) is 1. The van der Waals surface area contributed by atoms with Crippen LogP contribution < -0.4 is 11.1 Å². The molecule has 4 N–H and O–H groups in total. The molecule has 19 heavy (non-hydrogen) atoms. The van der Waals surface area contributed by atoms with Crippen LogP contribution in [0.1, 0.15) is 26.7 Å². The zero-order valence-corrected chi connectivity index (χ0v) is 12.2. The van der Waals surface area contributed by atoms with E-state index < -0.39 is 33.8 Å². The molecule has 0 spiro atoms. The first kappa shape index (κ1) is 17.8. The SMILES string of the molecule is CCC(C)C(N)C(=O)NC(CCS(C)(=O)=O)C(=O)O. The topological polar surface area (TPSA) is 127 Å². The normalized spacial score (nSPS) is 16.4. The van der Waals surface area contributed by atoms with E-state index in [-0.39, 0.29) is 18.1 Å².